The van der Waals surface area contributed by atoms with Gasteiger partial charge in [0.05, 0.1) is 6.54 Å². The Bertz CT molecular complexity index is 561. The molecule has 96 valence electrons. The minimum atomic E-state index is -1.20. The van der Waals surface area contributed by atoms with Crippen LogP contribution >= 0.6 is 11.3 Å². The lowest BCUT2D eigenvalue weighted by Gasteiger charge is -2.07. The summed E-state index contributed by atoms with van der Waals surface area (Å²) in [5, 5.41) is 16.1. The number of aliphatic carboxylic acids is 1. The number of nitrogens with zero attached hydrogens (tertiary/aromatic N) is 1. The average Bonchev–Trinajstić information content (AvgIpc) is 2.94. The largest absolute Gasteiger partial charge is 0.477 e. The van der Waals surface area contributed by atoms with E-state index >= 15 is 0 Å². The van der Waals surface area contributed by atoms with E-state index in [1.54, 1.807) is 5.38 Å². The summed E-state index contributed by atoms with van der Waals surface area (Å²) in [6.07, 6.45) is -0.997. The maximum Gasteiger partial charge on any atom is 0.353 e. The Balaban J connectivity index is 1.83. The van der Waals surface area contributed by atoms with E-state index in [2.05, 4.69) is 15.5 Å². The van der Waals surface area contributed by atoms with Gasteiger partial charge in [0, 0.05) is 17.5 Å². The van der Waals surface area contributed by atoms with Crippen molar-refractivity contribution in [3.8, 4) is 0 Å². The van der Waals surface area contributed by atoms with Gasteiger partial charge in [0.15, 0.2) is 5.71 Å². The van der Waals surface area contributed by atoms with Crippen LogP contribution in [0.2, 0.25) is 0 Å². The topological polar surface area (TPSA) is 121 Å². The van der Waals surface area contributed by atoms with Crippen molar-refractivity contribution in [1.82, 2.24) is 10.3 Å². The molecule has 18 heavy (non-hydrogen) atoms. The molecule has 1 aromatic heterocycles. The lowest BCUT2D eigenvalue weighted by Crippen LogP contribution is -2.35. The molecular formula is C9H9N3O5S. The Hall–Kier alpha value is -2.16. The van der Waals surface area contributed by atoms with E-state index in [1.165, 1.54) is 0 Å². The summed E-state index contributed by atoms with van der Waals surface area (Å²) in [4.78, 5) is 40.1. The SMILES string of the molecule is O=C(O)C1=NOC(C(=O)NCc2csc(=O)[nH]2)C1. The molecule has 0 saturated heterocycles. The van der Waals surface area contributed by atoms with Gasteiger partial charge < -0.3 is 20.2 Å². The molecule has 3 N–H and O–H groups in total. The van der Waals surface area contributed by atoms with Crippen LogP contribution < -0.4 is 10.2 Å². The van der Waals surface area contributed by atoms with E-state index < -0.39 is 18.0 Å². The first kappa shape index (κ1) is 12.3. The normalized spacial score (nSPS) is 18.0. The molecule has 0 aromatic carbocycles. The standard InChI is InChI=1S/C9H9N3O5S/c13-7(6-1-5(8(14)15)12-17-6)10-2-4-3-18-9(16)11-4/h3,6H,1-2H2,(H,10,13)(H,11,16)(H,14,15). The highest BCUT2D eigenvalue weighted by atomic mass is 32.1. The van der Waals surface area contributed by atoms with E-state index in [0.717, 1.165) is 11.3 Å². The van der Waals surface area contributed by atoms with Crippen molar-refractivity contribution >= 4 is 28.9 Å². The van der Waals surface area contributed by atoms with Crippen LogP contribution in [0.1, 0.15) is 12.1 Å². The minimum Gasteiger partial charge on any atom is -0.477 e. The third-order valence-electron chi connectivity index (χ3n) is 2.23. The van der Waals surface area contributed by atoms with Crippen molar-refractivity contribution in [3.63, 3.8) is 0 Å². The van der Waals surface area contributed by atoms with Crippen molar-refractivity contribution in [1.29, 1.82) is 0 Å². The Morgan fingerprint density at radius 2 is 2.44 bits per heavy atom. The zero-order valence-corrected chi connectivity index (χ0v) is 9.82. The quantitative estimate of drug-likeness (QED) is 0.667. The van der Waals surface area contributed by atoms with Gasteiger partial charge in [-0.05, 0) is 0 Å². The second kappa shape index (κ2) is 5.00. The van der Waals surface area contributed by atoms with Crippen LogP contribution in [0.15, 0.2) is 15.3 Å². The van der Waals surface area contributed by atoms with Gasteiger partial charge in [-0.15, -0.1) is 0 Å². The summed E-state index contributed by atoms with van der Waals surface area (Å²) in [7, 11) is 0. The number of hydrogen-bond acceptors (Lipinski definition) is 6. The van der Waals surface area contributed by atoms with Crippen molar-refractivity contribution in [2.75, 3.05) is 0 Å². The first-order valence-electron chi connectivity index (χ1n) is 4.96. The monoisotopic (exact) mass is 271 g/mol. The van der Waals surface area contributed by atoms with Crippen molar-refractivity contribution in [2.24, 2.45) is 5.16 Å². The maximum absolute atomic E-state index is 11.6. The van der Waals surface area contributed by atoms with E-state index in [1.807, 2.05) is 0 Å². The Kier molecular flexibility index (Phi) is 3.42. The third kappa shape index (κ3) is 2.74. The van der Waals surface area contributed by atoms with E-state index in [9.17, 15) is 14.4 Å². The number of oxime groups is 1. The minimum absolute atomic E-state index is 0.0681. The highest BCUT2D eigenvalue weighted by Gasteiger charge is 2.31. The van der Waals surface area contributed by atoms with Crippen LogP contribution in [0.4, 0.5) is 0 Å². The molecule has 0 spiro atoms. The summed E-state index contributed by atoms with van der Waals surface area (Å²) in [6, 6.07) is 0. The number of hydrogen-bond donors (Lipinski definition) is 3. The fourth-order valence-corrected chi connectivity index (χ4v) is 1.92. The van der Waals surface area contributed by atoms with Crippen LogP contribution in [-0.2, 0) is 21.0 Å². The summed E-state index contributed by atoms with van der Waals surface area (Å²) in [5.74, 6) is -1.67. The number of carboxylic acids is 1. The first-order valence-corrected chi connectivity index (χ1v) is 5.84. The van der Waals surface area contributed by atoms with Crippen LogP contribution in [0.3, 0.4) is 0 Å². The number of carbonyl (C=O) groups is 2. The molecule has 1 unspecified atom stereocenters. The molecule has 0 saturated carbocycles. The Labute approximate surface area is 104 Å². The molecule has 2 rings (SSSR count). The second-order valence-electron chi connectivity index (χ2n) is 3.53. The van der Waals surface area contributed by atoms with Crippen LogP contribution in [0, 0.1) is 0 Å². The summed E-state index contributed by atoms with van der Waals surface area (Å²) < 4.78 is 0. The van der Waals surface area contributed by atoms with Gasteiger partial charge in [-0.3, -0.25) is 9.59 Å². The van der Waals surface area contributed by atoms with Gasteiger partial charge in [-0.2, -0.15) is 0 Å². The van der Waals surface area contributed by atoms with E-state index in [4.69, 9.17) is 9.94 Å². The van der Waals surface area contributed by atoms with E-state index in [-0.39, 0.29) is 23.6 Å². The number of rotatable bonds is 4. The van der Waals surface area contributed by atoms with Crippen LogP contribution in [-0.4, -0.2) is 33.8 Å². The highest BCUT2D eigenvalue weighted by molar-refractivity contribution is 7.07. The van der Waals surface area contributed by atoms with Crippen LogP contribution in [0.5, 0.6) is 0 Å². The predicted molar refractivity (Wildman–Crippen MR) is 61.3 cm³/mol. The number of thiazole rings is 1. The number of amides is 1. The number of nitrogens with one attached hydrogen (secondary N) is 2. The fraction of sp³-hybridized carbons (Fsp3) is 0.333. The highest BCUT2D eigenvalue weighted by Crippen LogP contribution is 2.11. The molecule has 0 radical (unpaired) electrons. The molecule has 1 atom stereocenters. The smallest absolute Gasteiger partial charge is 0.353 e. The lowest BCUT2D eigenvalue weighted by atomic mass is 10.2. The zero-order valence-electron chi connectivity index (χ0n) is 9.00. The number of aromatic nitrogens is 1. The Morgan fingerprint density at radius 1 is 1.67 bits per heavy atom. The number of carbonyl (C=O) groups excluding carboxylic acids is 1. The molecule has 8 nitrogen and oxygen atoms in total. The zero-order chi connectivity index (χ0) is 13.1. The Morgan fingerprint density at radius 3 is 3.00 bits per heavy atom. The van der Waals surface area contributed by atoms with Gasteiger partial charge in [-0.25, -0.2) is 4.79 Å². The number of aromatic amines is 1. The van der Waals surface area contributed by atoms with E-state index in [0.29, 0.717) is 5.69 Å². The molecule has 1 amide bonds. The molecule has 1 aliphatic heterocycles. The first-order chi connectivity index (χ1) is 8.56. The summed E-state index contributed by atoms with van der Waals surface area (Å²) in [5.41, 5.74) is 0.398. The van der Waals surface area contributed by atoms with Crippen molar-refractivity contribution in [3.05, 3.63) is 20.7 Å². The van der Waals surface area contributed by atoms with Gasteiger partial charge in [0.25, 0.3) is 5.91 Å². The molecule has 0 fully saturated rings. The molecule has 1 aromatic rings. The molecule has 0 aliphatic carbocycles. The van der Waals surface area contributed by atoms with Gasteiger partial charge in [-0.1, -0.05) is 16.5 Å². The number of H-pyrrole nitrogens is 1. The molecule has 2 heterocycles. The van der Waals surface area contributed by atoms with Crippen LogP contribution in [0.25, 0.3) is 0 Å². The van der Waals surface area contributed by atoms with Gasteiger partial charge >= 0.3 is 10.8 Å². The maximum atomic E-state index is 11.6. The second-order valence-corrected chi connectivity index (χ2v) is 4.37. The molecule has 9 heteroatoms. The predicted octanol–water partition coefficient (Wildman–Crippen LogP) is -0.718. The summed E-state index contributed by atoms with van der Waals surface area (Å²) in [6.45, 7) is 0.153. The lowest BCUT2D eigenvalue weighted by molar-refractivity contribution is -0.131. The summed E-state index contributed by atoms with van der Waals surface area (Å²) >= 11 is 0.999. The molecule has 0 bridgehead atoms. The molecule has 1 aliphatic rings. The molecular weight excluding hydrogens is 262 g/mol. The van der Waals surface area contributed by atoms with Crippen molar-refractivity contribution < 1.29 is 19.5 Å². The third-order valence-corrected chi connectivity index (χ3v) is 2.95. The van der Waals surface area contributed by atoms with Gasteiger partial charge in [0.2, 0.25) is 6.10 Å². The number of carboxylic acid groups (broad SMARTS) is 1. The average molecular weight is 271 g/mol. The van der Waals surface area contributed by atoms with Crippen molar-refractivity contribution in [2.45, 2.75) is 19.1 Å². The fourth-order valence-electron chi connectivity index (χ4n) is 1.34. The van der Waals surface area contributed by atoms with Gasteiger partial charge in [0.1, 0.15) is 0 Å².